The van der Waals surface area contributed by atoms with Gasteiger partial charge in [-0.2, -0.15) is 0 Å². The van der Waals surface area contributed by atoms with Crippen molar-refractivity contribution < 1.29 is 19.1 Å². The molecule has 0 saturated carbocycles. The van der Waals surface area contributed by atoms with Crippen molar-refractivity contribution >= 4 is 17.8 Å². The lowest BCUT2D eigenvalue weighted by molar-refractivity contribution is -0.140. The van der Waals surface area contributed by atoms with Gasteiger partial charge in [-0.25, -0.2) is 14.8 Å². The molecule has 1 aromatic rings. The largest absolute Gasteiger partial charge is 0.465 e. The number of hydrogen-bond donors (Lipinski definition) is 1. The molecule has 1 N–H and O–H groups in total. The van der Waals surface area contributed by atoms with E-state index in [1.165, 1.54) is 7.11 Å². The molecule has 0 spiro atoms. The van der Waals surface area contributed by atoms with Gasteiger partial charge in [-0.05, 0) is 13.8 Å². The Morgan fingerprint density at radius 2 is 2.11 bits per heavy atom. The third kappa shape index (κ3) is 4.00. The molecule has 1 aromatic heterocycles. The van der Waals surface area contributed by atoms with Crippen molar-refractivity contribution in [1.82, 2.24) is 9.97 Å². The van der Waals surface area contributed by atoms with Crippen molar-refractivity contribution in [2.75, 3.05) is 25.6 Å². The van der Waals surface area contributed by atoms with Gasteiger partial charge >= 0.3 is 11.9 Å². The van der Waals surface area contributed by atoms with E-state index in [0.29, 0.717) is 18.1 Å². The summed E-state index contributed by atoms with van der Waals surface area (Å²) < 4.78 is 9.28. The van der Waals surface area contributed by atoms with Gasteiger partial charge in [0.2, 0.25) is 5.82 Å². The molecule has 0 radical (unpaired) electrons. The minimum absolute atomic E-state index is 0.0229. The van der Waals surface area contributed by atoms with E-state index in [-0.39, 0.29) is 12.4 Å². The number of nitrogens with zero attached hydrogens (tertiary/aromatic N) is 2. The molecule has 0 unspecified atom stereocenters. The van der Waals surface area contributed by atoms with E-state index in [0.717, 1.165) is 0 Å². The monoisotopic (exact) mass is 253 g/mol. The quantitative estimate of drug-likeness (QED) is 0.766. The number of nitrogens with one attached hydrogen (secondary N) is 1. The van der Waals surface area contributed by atoms with E-state index < -0.39 is 11.9 Å². The van der Waals surface area contributed by atoms with E-state index in [9.17, 15) is 9.59 Å². The zero-order valence-corrected chi connectivity index (χ0v) is 10.5. The summed E-state index contributed by atoms with van der Waals surface area (Å²) in [6.07, 6.45) is 0. The van der Waals surface area contributed by atoms with Crippen LogP contribution in [0.1, 0.15) is 23.2 Å². The summed E-state index contributed by atoms with van der Waals surface area (Å²) >= 11 is 0. The van der Waals surface area contributed by atoms with E-state index in [4.69, 9.17) is 4.74 Å². The summed E-state index contributed by atoms with van der Waals surface area (Å²) in [5.74, 6) is -0.703. The Morgan fingerprint density at radius 1 is 1.39 bits per heavy atom. The molecule has 1 rings (SSSR count). The van der Waals surface area contributed by atoms with Crippen LogP contribution in [0.25, 0.3) is 0 Å². The predicted molar refractivity (Wildman–Crippen MR) is 63.2 cm³/mol. The standard InChI is InChI=1S/C11H15N3O4/c1-4-18-9(15)6-12-8-5-7(2)13-10(14-8)11(16)17-3/h5H,4,6H2,1-3H3,(H,12,13,14). The zero-order chi connectivity index (χ0) is 13.5. The van der Waals surface area contributed by atoms with Crippen LogP contribution in [0, 0.1) is 6.92 Å². The van der Waals surface area contributed by atoms with Gasteiger partial charge in [0, 0.05) is 11.8 Å². The van der Waals surface area contributed by atoms with Gasteiger partial charge < -0.3 is 14.8 Å². The van der Waals surface area contributed by atoms with E-state index in [2.05, 4.69) is 20.0 Å². The summed E-state index contributed by atoms with van der Waals surface area (Å²) in [5, 5.41) is 2.76. The number of anilines is 1. The molecule has 0 aliphatic rings. The number of rotatable bonds is 5. The van der Waals surface area contributed by atoms with Gasteiger partial charge in [0.15, 0.2) is 0 Å². The Hall–Kier alpha value is -2.18. The number of methoxy groups -OCH3 is 1. The second-order valence-electron chi connectivity index (χ2n) is 3.37. The molecule has 0 atom stereocenters. The van der Waals surface area contributed by atoms with Crippen LogP contribution in [-0.4, -0.2) is 42.2 Å². The van der Waals surface area contributed by atoms with Crippen molar-refractivity contribution in [3.05, 3.63) is 17.6 Å². The first kappa shape index (κ1) is 13.9. The molecule has 18 heavy (non-hydrogen) atoms. The Bertz CT molecular complexity index is 448. The average Bonchev–Trinajstić information content (AvgIpc) is 2.35. The zero-order valence-electron chi connectivity index (χ0n) is 10.5. The number of ether oxygens (including phenoxy) is 2. The lowest BCUT2D eigenvalue weighted by Crippen LogP contribution is -2.18. The highest BCUT2D eigenvalue weighted by Gasteiger charge is 2.12. The fourth-order valence-electron chi connectivity index (χ4n) is 1.22. The van der Waals surface area contributed by atoms with Crippen LogP contribution in [0.3, 0.4) is 0 Å². The van der Waals surface area contributed by atoms with Crippen LogP contribution in [0.15, 0.2) is 6.07 Å². The van der Waals surface area contributed by atoms with Crippen molar-refractivity contribution in [3.63, 3.8) is 0 Å². The van der Waals surface area contributed by atoms with Crippen LogP contribution in [0.4, 0.5) is 5.82 Å². The number of hydrogen-bond acceptors (Lipinski definition) is 7. The molecule has 98 valence electrons. The van der Waals surface area contributed by atoms with Crippen molar-refractivity contribution in [3.8, 4) is 0 Å². The van der Waals surface area contributed by atoms with Crippen molar-refractivity contribution in [2.45, 2.75) is 13.8 Å². The molecule has 0 aliphatic carbocycles. The van der Waals surface area contributed by atoms with Gasteiger partial charge in [-0.1, -0.05) is 0 Å². The topological polar surface area (TPSA) is 90.4 Å². The van der Waals surface area contributed by atoms with Crippen molar-refractivity contribution in [1.29, 1.82) is 0 Å². The molecule has 0 saturated heterocycles. The Morgan fingerprint density at radius 3 is 2.72 bits per heavy atom. The van der Waals surface area contributed by atoms with Crippen LogP contribution in [0.2, 0.25) is 0 Å². The highest BCUT2D eigenvalue weighted by Crippen LogP contribution is 2.06. The molecule has 1 heterocycles. The summed E-state index contributed by atoms with van der Waals surface area (Å²) in [6.45, 7) is 3.73. The highest BCUT2D eigenvalue weighted by molar-refractivity contribution is 5.85. The van der Waals surface area contributed by atoms with Gasteiger partial charge in [0.05, 0.1) is 13.7 Å². The fraction of sp³-hybridized carbons (Fsp3) is 0.455. The molecule has 0 amide bonds. The maximum Gasteiger partial charge on any atom is 0.376 e. The van der Waals surface area contributed by atoms with E-state index in [1.54, 1.807) is 19.9 Å². The number of aromatic nitrogens is 2. The molecular formula is C11H15N3O4. The molecule has 0 fully saturated rings. The smallest absolute Gasteiger partial charge is 0.376 e. The molecule has 7 nitrogen and oxygen atoms in total. The SMILES string of the molecule is CCOC(=O)CNc1cc(C)nc(C(=O)OC)n1. The fourth-order valence-corrected chi connectivity index (χ4v) is 1.22. The summed E-state index contributed by atoms with van der Waals surface area (Å²) in [7, 11) is 1.25. The first-order valence-electron chi connectivity index (χ1n) is 5.40. The number of carbonyl (C=O) groups is 2. The average molecular weight is 253 g/mol. The lowest BCUT2D eigenvalue weighted by atomic mass is 10.4. The Kier molecular flexibility index (Phi) is 5.04. The summed E-state index contributed by atoms with van der Waals surface area (Å²) in [6, 6.07) is 1.62. The molecule has 0 bridgehead atoms. The number of esters is 2. The minimum Gasteiger partial charge on any atom is -0.465 e. The van der Waals surface area contributed by atoms with E-state index in [1.807, 2.05) is 0 Å². The molecular weight excluding hydrogens is 238 g/mol. The molecule has 0 aliphatic heterocycles. The Balaban J connectivity index is 2.74. The van der Waals surface area contributed by atoms with E-state index >= 15 is 0 Å². The van der Waals surface area contributed by atoms with Gasteiger partial charge in [-0.3, -0.25) is 4.79 Å². The second-order valence-corrected chi connectivity index (χ2v) is 3.37. The first-order chi connectivity index (χ1) is 8.56. The third-order valence-corrected chi connectivity index (χ3v) is 1.94. The van der Waals surface area contributed by atoms with Crippen LogP contribution >= 0.6 is 0 Å². The van der Waals surface area contributed by atoms with Crippen molar-refractivity contribution in [2.24, 2.45) is 0 Å². The number of aryl methyl sites for hydroxylation is 1. The highest BCUT2D eigenvalue weighted by atomic mass is 16.5. The summed E-state index contributed by atoms with van der Waals surface area (Å²) in [4.78, 5) is 30.3. The lowest BCUT2D eigenvalue weighted by Gasteiger charge is -2.07. The van der Waals surface area contributed by atoms with Crippen LogP contribution in [-0.2, 0) is 14.3 Å². The van der Waals surface area contributed by atoms with Gasteiger partial charge in [0.1, 0.15) is 12.4 Å². The second kappa shape index (κ2) is 6.53. The molecule has 0 aromatic carbocycles. The predicted octanol–water partition coefficient (Wildman–Crippen LogP) is 0.547. The summed E-state index contributed by atoms with van der Waals surface area (Å²) in [5.41, 5.74) is 0.594. The number of carbonyl (C=O) groups excluding carboxylic acids is 2. The maximum absolute atomic E-state index is 11.3. The Labute approximate surface area is 105 Å². The van der Waals surface area contributed by atoms with Crippen LogP contribution in [0.5, 0.6) is 0 Å². The minimum atomic E-state index is -0.627. The van der Waals surface area contributed by atoms with Gasteiger partial charge in [0.25, 0.3) is 0 Å². The third-order valence-electron chi connectivity index (χ3n) is 1.94. The first-order valence-corrected chi connectivity index (χ1v) is 5.40. The van der Waals surface area contributed by atoms with Gasteiger partial charge in [-0.15, -0.1) is 0 Å². The molecule has 7 heteroatoms. The normalized spacial score (nSPS) is 9.72. The maximum atomic E-state index is 11.3. The van der Waals surface area contributed by atoms with Crippen LogP contribution < -0.4 is 5.32 Å².